The molecule has 2 aliphatic heterocycles. The summed E-state index contributed by atoms with van der Waals surface area (Å²) in [6.07, 6.45) is 1.76. The van der Waals surface area contributed by atoms with Gasteiger partial charge in [0.15, 0.2) is 0 Å². The minimum atomic E-state index is -0.484. The summed E-state index contributed by atoms with van der Waals surface area (Å²) in [6.45, 7) is 6.48. The van der Waals surface area contributed by atoms with Gasteiger partial charge in [0.2, 0.25) is 0 Å². The normalized spacial score (nSPS) is 24.4. The summed E-state index contributed by atoms with van der Waals surface area (Å²) in [5, 5.41) is 2.47. The summed E-state index contributed by atoms with van der Waals surface area (Å²) < 4.78 is 6.71. The molecule has 1 spiro atoms. The lowest BCUT2D eigenvalue weighted by Gasteiger charge is -2.28. The van der Waals surface area contributed by atoms with E-state index in [1.807, 2.05) is 43.5 Å². The van der Waals surface area contributed by atoms with E-state index in [1.165, 1.54) is 0 Å². The molecule has 3 aromatic rings. The molecule has 2 fully saturated rings. The van der Waals surface area contributed by atoms with E-state index < -0.39 is 5.60 Å². The minimum absolute atomic E-state index is 0.167. The van der Waals surface area contributed by atoms with Crippen molar-refractivity contribution >= 4 is 55.6 Å². The fourth-order valence-electron chi connectivity index (χ4n) is 4.13. The molecule has 0 bridgehead atoms. The van der Waals surface area contributed by atoms with Crippen LogP contribution in [0, 0.1) is 0 Å². The topological polar surface area (TPSA) is 58.2 Å². The predicted octanol–water partition coefficient (Wildman–Crippen LogP) is 5.99. The SMILES string of the molecule is CC(C)(C)OC(=O)N1CCCC12SC2c1nc2c(ccc3cc(Br)ccc32)[nH]1. The van der Waals surface area contributed by atoms with Gasteiger partial charge in [-0.2, -0.15) is 0 Å². The van der Waals surface area contributed by atoms with Crippen LogP contribution < -0.4 is 0 Å². The zero-order chi connectivity index (χ0) is 19.7. The molecule has 5 nitrogen and oxygen atoms in total. The number of amides is 1. The second-order valence-electron chi connectivity index (χ2n) is 8.53. The summed E-state index contributed by atoms with van der Waals surface area (Å²) in [4.78, 5) is 22.9. The minimum Gasteiger partial charge on any atom is -0.444 e. The molecule has 5 rings (SSSR count). The van der Waals surface area contributed by atoms with Crippen LogP contribution in [-0.2, 0) is 4.74 Å². The Morgan fingerprint density at radius 2 is 2.18 bits per heavy atom. The van der Waals surface area contributed by atoms with Gasteiger partial charge in [-0.05, 0) is 57.2 Å². The first-order valence-electron chi connectivity index (χ1n) is 9.53. The van der Waals surface area contributed by atoms with Crippen molar-refractivity contribution in [3.05, 3.63) is 40.6 Å². The van der Waals surface area contributed by atoms with E-state index in [1.54, 1.807) is 0 Å². The number of nitrogens with zero attached hydrogens (tertiary/aromatic N) is 2. The second-order valence-corrected chi connectivity index (χ2v) is 10.9. The molecular formula is C21H22BrN3O2S. The van der Waals surface area contributed by atoms with Crippen LogP contribution in [0.4, 0.5) is 4.79 Å². The molecule has 7 heteroatoms. The summed E-state index contributed by atoms with van der Waals surface area (Å²) in [6, 6.07) is 10.5. The lowest BCUT2D eigenvalue weighted by molar-refractivity contribution is 0.0221. The van der Waals surface area contributed by atoms with Crippen molar-refractivity contribution in [1.82, 2.24) is 14.9 Å². The quantitative estimate of drug-likeness (QED) is 0.453. The number of aromatic amines is 1. The molecule has 1 N–H and O–H groups in total. The number of ether oxygens (including phenoxy) is 1. The monoisotopic (exact) mass is 459 g/mol. The Morgan fingerprint density at radius 1 is 1.36 bits per heavy atom. The third-order valence-electron chi connectivity index (χ3n) is 5.36. The zero-order valence-electron chi connectivity index (χ0n) is 16.1. The molecule has 28 heavy (non-hydrogen) atoms. The lowest BCUT2D eigenvalue weighted by Crippen LogP contribution is -2.41. The van der Waals surface area contributed by atoms with E-state index >= 15 is 0 Å². The molecule has 2 atom stereocenters. The van der Waals surface area contributed by atoms with Crippen LogP contribution >= 0.6 is 27.7 Å². The average molecular weight is 460 g/mol. The maximum Gasteiger partial charge on any atom is 0.411 e. The van der Waals surface area contributed by atoms with Crippen molar-refractivity contribution in [3.8, 4) is 0 Å². The number of aromatic nitrogens is 2. The number of rotatable bonds is 1. The fourth-order valence-corrected chi connectivity index (χ4v) is 5.98. The smallest absolute Gasteiger partial charge is 0.411 e. The van der Waals surface area contributed by atoms with E-state index in [9.17, 15) is 4.79 Å². The highest BCUT2D eigenvalue weighted by molar-refractivity contribution is 9.10. The van der Waals surface area contributed by atoms with Crippen LogP contribution in [0.25, 0.3) is 21.8 Å². The summed E-state index contributed by atoms with van der Waals surface area (Å²) in [5.74, 6) is 0.950. The van der Waals surface area contributed by atoms with Gasteiger partial charge < -0.3 is 9.72 Å². The molecule has 2 saturated heterocycles. The van der Waals surface area contributed by atoms with E-state index in [0.29, 0.717) is 0 Å². The summed E-state index contributed by atoms with van der Waals surface area (Å²) in [7, 11) is 0. The number of carbonyl (C=O) groups excluding carboxylic acids is 1. The number of hydrogen-bond acceptors (Lipinski definition) is 4. The Balaban J connectivity index is 1.48. The number of thioether (sulfide) groups is 1. The number of H-pyrrole nitrogens is 1. The van der Waals surface area contributed by atoms with Crippen molar-refractivity contribution in [2.24, 2.45) is 0 Å². The van der Waals surface area contributed by atoms with Crippen LogP contribution in [0.5, 0.6) is 0 Å². The van der Waals surface area contributed by atoms with Gasteiger partial charge in [-0.25, -0.2) is 9.78 Å². The van der Waals surface area contributed by atoms with E-state index in [0.717, 1.165) is 51.5 Å². The Bertz CT molecular complexity index is 1110. The van der Waals surface area contributed by atoms with Gasteiger partial charge in [0.05, 0.1) is 16.3 Å². The van der Waals surface area contributed by atoms with Crippen LogP contribution in [-0.4, -0.2) is 38.0 Å². The highest BCUT2D eigenvalue weighted by Gasteiger charge is 2.65. The maximum absolute atomic E-state index is 12.7. The van der Waals surface area contributed by atoms with Gasteiger partial charge in [0.1, 0.15) is 16.3 Å². The number of imidazole rings is 1. The molecule has 1 aromatic heterocycles. The third-order valence-corrected chi connectivity index (χ3v) is 7.52. The third kappa shape index (κ3) is 2.90. The first kappa shape index (κ1) is 18.3. The zero-order valence-corrected chi connectivity index (χ0v) is 18.5. The van der Waals surface area contributed by atoms with Crippen LogP contribution in [0.3, 0.4) is 0 Å². The highest BCUT2D eigenvalue weighted by atomic mass is 79.9. The predicted molar refractivity (Wildman–Crippen MR) is 117 cm³/mol. The first-order valence-corrected chi connectivity index (χ1v) is 11.2. The summed E-state index contributed by atoms with van der Waals surface area (Å²) in [5.41, 5.74) is 1.54. The van der Waals surface area contributed by atoms with Crippen molar-refractivity contribution in [1.29, 1.82) is 0 Å². The van der Waals surface area contributed by atoms with Crippen LogP contribution in [0.1, 0.15) is 44.7 Å². The molecule has 0 aliphatic carbocycles. The van der Waals surface area contributed by atoms with Gasteiger partial charge in [-0.1, -0.05) is 28.1 Å². The summed E-state index contributed by atoms with van der Waals surface area (Å²) >= 11 is 5.34. The van der Waals surface area contributed by atoms with Crippen molar-refractivity contribution < 1.29 is 9.53 Å². The standard InChI is InChI=1S/C21H22BrN3O2S/c1-20(2,3)27-19(26)25-10-4-9-21(25)17(28-21)18-23-15-8-5-12-11-13(22)6-7-14(12)16(15)24-18/h5-8,11,17H,4,9-10H2,1-3H3,(H,23,24). The largest absolute Gasteiger partial charge is 0.444 e. The maximum atomic E-state index is 12.7. The number of benzene rings is 2. The Hall–Kier alpha value is -1.73. The van der Waals surface area contributed by atoms with Gasteiger partial charge in [-0.15, -0.1) is 11.8 Å². The van der Waals surface area contributed by atoms with Gasteiger partial charge in [-0.3, -0.25) is 4.90 Å². The number of carbonyl (C=O) groups is 1. The second kappa shape index (κ2) is 6.13. The first-order chi connectivity index (χ1) is 13.3. The number of halogens is 1. The van der Waals surface area contributed by atoms with Gasteiger partial charge in [0.25, 0.3) is 0 Å². The van der Waals surface area contributed by atoms with Gasteiger partial charge in [0, 0.05) is 16.4 Å². The van der Waals surface area contributed by atoms with Gasteiger partial charge >= 0.3 is 6.09 Å². The molecular weight excluding hydrogens is 438 g/mol. The van der Waals surface area contributed by atoms with Crippen molar-refractivity contribution in [2.75, 3.05) is 6.54 Å². The number of nitrogens with one attached hydrogen (secondary N) is 1. The van der Waals surface area contributed by atoms with Crippen LogP contribution in [0.15, 0.2) is 34.8 Å². The number of likely N-dealkylation sites (tertiary alicyclic amines) is 1. The Kier molecular flexibility index (Phi) is 4.01. The molecule has 3 heterocycles. The number of hydrogen-bond donors (Lipinski definition) is 1. The van der Waals surface area contributed by atoms with E-state index in [-0.39, 0.29) is 16.2 Å². The van der Waals surface area contributed by atoms with Crippen molar-refractivity contribution in [2.45, 2.75) is 49.3 Å². The molecule has 0 saturated carbocycles. The molecule has 2 aromatic carbocycles. The van der Waals surface area contributed by atoms with E-state index in [2.05, 4.69) is 45.2 Å². The van der Waals surface area contributed by atoms with E-state index in [4.69, 9.17) is 9.72 Å². The number of fused-ring (bicyclic) bond motifs is 3. The Morgan fingerprint density at radius 3 is 2.96 bits per heavy atom. The molecule has 1 amide bonds. The van der Waals surface area contributed by atoms with Crippen molar-refractivity contribution in [3.63, 3.8) is 0 Å². The molecule has 0 radical (unpaired) electrons. The Labute approximate surface area is 176 Å². The molecule has 146 valence electrons. The lowest BCUT2D eigenvalue weighted by atomic mass is 10.1. The molecule has 2 unspecified atom stereocenters. The van der Waals surface area contributed by atoms with Crippen LogP contribution in [0.2, 0.25) is 0 Å². The fraction of sp³-hybridized carbons (Fsp3) is 0.429. The average Bonchev–Trinajstić information content (AvgIpc) is 2.97. The molecule has 2 aliphatic rings. The highest BCUT2D eigenvalue weighted by Crippen LogP contribution is 2.70.